The summed E-state index contributed by atoms with van der Waals surface area (Å²) in [6.45, 7) is 4.75. The number of nitrogens with one attached hydrogen (secondary N) is 1. The van der Waals surface area contributed by atoms with Crippen LogP contribution in [0.2, 0.25) is 0 Å². The van der Waals surface area contributed by atoms with E-state index in [0.29, 0.717) is 42.4 Å². The number of carbonyl (C=O) groups excluding carboxylic acids is 2. The zero-order chi connectivity index (χ0) is 23.6. The van der Waals surface area contributed by atoms with E-state index in [4.69, 9.17) is 4.74 Å². The minimum absolute atomic E-state index is 0.203. The average molecular weight is 472 g/mol. The highest BCUT2D eigenvalue weighted by molar-refractivity contribution is 7.89. The van der Waals surface area contributed by atoms with Crippen LogP contribution in [0.4, 0.5) is 11.4 Å². The molecule has 1 fully saturated rings. The van der Waals surface area contributed by atoms with Crippen LogP contribution in [0.25, 0.3) is 0 Å². The monoisotopic (exact) mass is 471 g/mol. The molecule has 4 rings (SSSR count). The molecule has 2 heterocycles. The van der Waals surface area contributed by atoms with Crippen LogP contribution in [-0.4, -0.2) is 50.3 Å². The van der Waals surface area contributed by atoms with E-state index >= 15 is 0 Å². The topological polar surface area (TPSA) is 96.0 Å². The number of piperidine rings is 1. The summed E-state index contributed by atoms with van der Waals surface area (Å²) in [6.07, 6.45) is 2.98. The molecule has 2 aromatic carbocycles. The van der Waals surface area contributed by atoms with Gasteiger partial charge in [-0.25, -0.2) is 8.42 Å². The van der Waals surface area contributed by atoms with Gasteiger partial charge in [0.2, 0.25) is 21.8 Å². The molecule has 176 valence electrons. The first-order valence-electron chi connectivity index (χ1n) is 11.3. The Kier molecular flexibility index (Phi) is 6.71. The fourth-order valence-corrected chi connectivity index (χ4v) is 6.08. The van der Waals surface area contributed by atoms with Gasteiger partial charge in [0.25, 0.3) is 0 Å². The van der Waals surface area contributed by atoms with Gasteiger partial charge in [0.15, 0.2) is 0 Å². The fraction of sp³-hybridized carbons (Fsp3) is 0.417. The minimum Gasteiger partial charge on any atom is -0.492 e. The van der Waals surface area contributed by atoms with Crippen molar-refractivity contribution >= 4 is 33.2 Å². The van der Waals surface area contributed by atoms with Crippen LogP contribution in [0.1, 0.15) is 38.7 Å². The number of benzene rings is 2. The first-order valence-corrected chi connectivity index (χ1v) is 12.7. The van der Waals surface area contributed by atoms with Crippen molar-refractivity contribution < 1.29 is 22.7 Å². The minimum atomic E-state index is -3.61. The summed E-state index contributed by atoms with van der Waals surface area (Å²) in [5, 5.41) is 2.87. The zero-order valence-corrected chi connectivity index (χ0v) is 19.7. The molecule has 33 heavy (non-hydrogen) atoms. The van der Waals surface area contributed by atoms with Crippen molar-refractivity contribution in [1.29, 1.82) is 0 Å². The number of amides is 2. The van der Waals surface area contributed by atoms with E-state index in [1.54, 1.807) is 30.3 Å². The Hall–Kier alpha value is -2.91. The molecule has 0 unspecified atom stereocenters. The SMILES string of the molecule is CCOc1ccccc1NC(=O)[C@H]1Cc2cc(S(=O)(=O)N3CCCCC3)ccc2N1C(C)=O. The standard InChI is InChI=1S/C24H29N3O5S/c1-3-32-23-10-6-5-9-20(23)25-24(29)22-16-18-15-19(11-12-21(18)27(22)17(2)28)33(30,31)26-13-7-4-8-14-26/h5-6,9-12,15,22H,3-4,7-8,13-14,16H2,1-2H3,(H,25,29)/t22-/m1/s1. The van der Waals surface area contributed by atoms with Gasteiger partial charge < -0.3 is 10.1 Å². The number of para-hydroxylation sites is 2. The molecule has 2 aliphatic heterocycles. The second-order valence-electron chi connectivity index (χ2n) is 8.28. The Balaban J connectivity index is 1.60. The molecule has 9 heteroatoms. The summed E-state index contributed by atoms with van der Waals surface area (Å²) < 4.78 is 33.3. The smallest absolute Gasteiger partial charge is 0.248 e. The fourth-order valence-electron chi connectivity index (χ4n) is 4.51. The Morgan fingerprint density at radius 2 is 1.82 bits per heavy atom. The summed E-state index contributed by atoms with van der Waals surface area (Å²) in [5.41, 5.74) is 1.76. The molecule has 0 aliphatic carbocycles. The van der Waals surface area contributed by atoms with E-state index in [1.807, 2.05) is 13.0 Å². The molecular weight excluding hydrogens is 442 g/mol. The molecule has 1 saturated heterocycles. The maximum absolute atomic E-state index is 13.2. The molecule has 2 aromatic rings. The van der Waals surface area contributed by atoms with Crippen LogP contribution in [-0.2, 0) is 26.0 Å². The zero-order valence-electron chi connectivity index (χ0n) is 18.9. The summed E-state index contributed by atoms with van der Waals surface area (Å²) in [5.74, 6) is -0.0826. The summed E-state index contributed by atoms with van der Waals surface area (Å²) in [4.78, 5) is 27.3. The van der Waals surface area contributed by atoms with Gasteiger partial charge in [0.1, 0.15) is 11.8 Å². The van der Waals surface area contributed by atoms with Crippen LogP contribution >= 0.6 is 0 Å². The van der Waals surface area contributed by atoms with Crippen molar-refractivity contribution in [1.82, 2.24) is 4.31 Å². The number of carbonyl (C=O) groups is 2. The number of sulfonamides is 1. The van der Waals surface area contributed by atoms with Gasteiger partial charge in [-0.3, -0.25) is 14.5 Å². The number of hydrogen-bond acceptors (Lipinski definition) is 5. The van der Waals surface area contributed by atoms with E-state index in [1.165, 1.54) is 22.2 Å². The van der Waals surface area contributed by atoms with Crippen LogP contribution < -0.4 is 15.0 Å². The van der Waals surface area contributed by atoms with E-state index < -0.39 is 16.1 Å². The number of anilines is 2. The first-order chi connectivity index (χ1) is 15.8. The lowest BCUT2D eigenvalue weighted by atomic mass is 10.1. The molecular formula is C24H29N3O5S. The van der Waals surface area contributed by atoms with Crippen LogP contribution in [0, 0.1) is 0 Å². The van der Waals surface area contributed by atoms with Gasteiger partial charge in [0, 0.05) is 32.1 Å². The molecule has 1 N–H and O–H groups in total. The van der Waals surface area contributed by atoms with Crippen molar-refractivity contribution in [2.45, 2.75) is 50.5 Å². The molecule has 0 saturated carbocycles. The third-order valence-electron chi connectivity index (χ3n) is 6.07. The predicted molar refractivity (Wildman–Crippen MR) is 126 cm³/mol. The molecule has 2 amide bonds. The Bertz CT molecular complexity index is 1160. The highest BCUT2D eigenvalue weighted by atomic mass is 32.2. The normalized spacial score (nSPS) is 18.6. The highest BCUT2D eigenvalue weighted by Gasteiger charge is 2.38. The molecule has 0 spiro atoms. The highest BCUT2D eigenvalue weighted by Crippen LogP contribution is 2.36. The van der Waals surface area contributed by atoms with E-state index in [0.717, 1.165) is 19.3 Å². The molecule has 0 aromatic heterocycles. The van der Waals surface area contributed by atoms with Crippen LogP contribution in [0.3, 0.4) is 0 Å². The molecule has 0 bridgehead atoms. The third-order valence-corrected chi connectivity index (χ3v) is 7.97. The maximum Gasteiger partial charge on any atom is 0.248 e. The molecule has 8 nitrogen and oxygen atoms in total. The van der Waals surface area contributed by atoms with Crippen molar-refractivity contribution in [3.05, 3.63) is 48.0 Å². The second kappa shape index (κ2) is 9.52. The largest absolute Gasteiger partial charge is 0.492 e. The quantitative estimate of drug-likeness (QED) is 0.698. The van der Waals surface area contributed by atoms with E-state index in [2.05, 4.69) is 5.32 Å². The Labute approximate surface area is 194 Å². The van der Waals surface area contributed by atoms with Gasteiger partial charge in [-0.05, 0) is 55.7 Å². The van der Waals surface area contributed by atoms with Gasteiger partial charge in [0.05, 0.1) is 17.2 Å². The number of ether oxygens (including phenoxy) is 1. The molecule has 2 aliphatic rings. The lowest BCUT2D eigenvalue weighted by Gasteiger charge is -2.26. The van der Waals surface area contributed by atoms with Gasteiger partial charge in [-0.15, -0.1) is 0 Å². The summed E-state index contributed by atoms with van der Waals surface area (Å²) >= 11 is 0. The second-order valence-corrected chi connectivity index (χ2v) is 10.2. The van der Waals surface area contributed by atoms with Gasteiger partial charge in [-0.2, -0.15) is 4.31 Å². The number of hydrogen-bond donors (Lipinski definition) is 1. The average Bonchev–Trinajstić information content (AvgIpc) is 3.20. The van der Waals surface area contributed by atoms with E-state index in [9.17, 15) is 18.0 Å². The van der Waals surface area contributed by atoms with Crippen molar-refractivity contribution in [3.8, 4) is 5.75 Å². The Morgan fingerprint density at radius 1 is 1.09 bits per heavy atom. The van der Waals surface area contributed by atoms with Crippen molar-refractivity contribution in [2.24, 2.45) is 0 Å². The predicted octanol–water partition coefficient (Wildman–Crippen LogP) is 3.18. The van der Waals surface area contributed by atoms with Crippen molar-refractivity contribution in [2.75, 3.05) is 29.9 Å². The van der Waals surface area contributed by atoms with E-state index in [-0.39, 0.29) is 23.1 Å². The van der Waals surface area contributed by atoms with Crippen LogP contribution in [0.5, 0.6) is 5.75 Å². The number of rotatable bonds is 6. The van der Waals surface area contributed by atoms with Crippen LogP contribution in [0.15, 0.2) is 47.4 Å². The maximum atomic E-state index is 13.2. The summed E-state index contributed by atoms with van der Waals surface area (Å²) in [7, 11) is -3.61. The lowest BCUT2D eigenvalue weighted by Crippen LogP contribution is -2.44. The molecule has 0 radical (unpaired) electrons. The lowest BCUT2D eigenvalue weighted by molar-refractivity contribution is -0.122. The van der Waals surface area contributed by atoms with Crippen molar-refractivity contribution in [3.63, 3.8) is 0 Å². The number of nitrogens with zero attached hydrogens (tertiary/aromatic N) is 2. The summed E-state index contributed by atoms with van der Waals surface area (Å²) in [6, 6.07) is 11.1. The first kappa shape index (κ1) is 23.3. The molecule has 1 atom stereocenters. The number of fused-ring (bicyclic) bond motifs is 1. The Morgan fingerprint density at radius 3 is 2.52 bits per heavy atom. The van der Waals surface area contributed by atoms with Gasteiger partial charge in [-0.1, -0.05) is 18.6 Å². The van der Waals surface area contributed by atoms with Gasteiger partial charge >= 0.3 is 0 Å². The third kappa shape index (κ3) is 4.60.